The molecule has 0 saturated carbocycles. The molecule has 5 heteroatoms. The Morgan fingerprint density at radius 2 is 1.88 bits per heavy atom. The first kappa shape index (κ1) is 26.7. The molecule has 0 radical (unpaired) electrons. The third kappa shape index (κ3) is 9.81. The summed E-state index contributed by atoms with van der Waals surface area (Å²) in [5.41, 5.74) is 3.79. The Labute approximate surface area is 158 Å². The fraction of sp³-hybridized carbons (Fsp3) is 0.667. The molecule has 0 bridgehead atoms. The van der Waals surface area contributed by atoms with Gasteiger partial charge in [-0.25, -0.2) is 4.39 Å². The Kier molecular flexibility index (Phi) is 16.1. The second kappa shape index (κ2) is 15.7. The number of hydrogen-bond donors (Lipinski definition) is 2. The van der Waals surface area contributed by atoms with Crippen LogP contribution in [0.2, 0.25) is 0 Å². The number of aliphatic hydroxyl groups excluding tert-OH is 2. The van der Waals surface area contributed by atoms with Crippen molar-refractivity contribution in [2.45, 2.75) is 79.7 Å². The number of rotatable bonds is 7. The van der Waals surface area contributed by atoms with Crippen LogP contribution in [0.1, 0.15) is 61.3 Å². The van der Waals surface area contributed by atoms with Crippen LogP contribution in [0.25, 0.3) is 0 Å². The van der Waals surface area contributed by atoms with Crippen molar-refractivity contribution in [3.63, 3.8) is 0 Å². The van der Waals surface area contributed by atoms with Gasteiger partial charge >= 0.3 is 0 Å². The van der Waals surface area contributed by atoms with Gasteiger partial charge in [-0.1, -0.05) is 46.8 Å². The number of alkyl halides is 1. The number of hydrogen-bond acceptors (Lipinski definition) is 4. The molecule has 0 aromatic heterocycles. The third-order valence-electron chi connectivity index (χ3n) is 3.76. The zero-order chi connectivity index (χ0) is 20.7. The van der Waals surface area contributed by atoms with Crippen molar-refractivity contribution in [3.8, 4) is 0 Å². The molecule has 1 heterocycles. The number of methoxy groups -OCH3 is 1. The maximum absolute atomic E-state index is 12.5. The van der Waals surface area contributed by atoms with Gasteiger partial charge in [-0.15, -0.1) is 0 Å². The van der Waals surface area contributed by atoms with Gasteiger partial charge in [0.05, 0.1) is 7.11 Å². The van der Waals surface area contributed by atoms with Crippen LogP contribution in [0, 0.1) is 5.92 Å². The number of aliphatic hydroxyl groups is 2. The lowest BCUT2D eigenvalue weighted by atomic mass is 9.98. The molecule has 152 valence electrons. The first-order chi connectivity index (χ1) is 12.3. The van der Waals surface area contributed by atoms with Gasteiger partial charge in [-0.2, -0.15) is 0 Å². The predicted molar refractivity (Wildman–Crippen MR) is 105 cm³/mol. The van der Waals surface area contributed by atoms with E-state index in [9.17, 15) is 9.50 Å². The zero-order valence-electron chi connectivity index (χ0n) is 17.5. The molecule has 0 aliphatic carbocycles. The van der Waals surface area contributed by atoms with E-state index in [1.54, 1.807) is 6.08 Å². The highest BCUT2D eigenvalue weighted by atomic mass is 19.1. The van der Waals surface area contributed by atoms with Gasteiger partial charge in [0.25, 0.3) is 0 Å². The fourth-order valence-corrected chi connectivity index (χ4v) is 1.96. The summed E-state index contributed by atoms with van der Waals surface area (Å²) in [5.74, 6) is 1.19. The highest BCUT2D eigenvalue weighted by Gasteiger charge is 2.21. The van der Waals surface area contributed by atoms with Crippen LogP contribution in [0.5, 0.6) is 0 Å². The summed E-state index contributed by atoms with van der Waals surface area (Å²) in [5, 5.41) is 19.0. The summed E-state index contributed by atoms with van der Waals surface area (Å²) in [6, 6.07) is 0. The van der Waals surface area contributed by atoms with Crippen LogP contribution in [0.4, 0.5) is 4.39 Å². The van der Waals surface area contributed by atoms with Crippen molar-refractivity contribution in [3.05, 3.63) is 41.2 Å². The number of allylic oxidation sites excluding steroid dienone is 3. The SMILES string of the molecule is CC.CC/C=C(\OC)C(O)C(C)F.CCC(C)C(O)C1=C(C)C=C=CO1. The number of ether oxygens (including phenoxy) is 2. The first-order valence-corrected chi connectivity index (χ1v) is 9.32. The molecule has 0 spiro atoms. The monoisotopic (exact) mass is 372 g/mol. The largest absolute Gasteiger partial charge is 0.499 e. The lowest BCUT2D eigenvalue weighted by Gasteiger charge is -2.21. The van der Waals surface area contributed by atoms with Crippen molar-refractivity contribution in [1.82, 2.24) is 0 Å². The summed E-state index contributed by atoms with van der Waals surface area (Å²) in [6.45, 7) is 13.2. The van der Waals surface area contributed by atoms with Crippen LogP contribution < -0.4 is 0 Å². The van der Waals surface area contributed by atoms with Crippen molar-refractivity contribution in [2.75, 3.05) is 7.11 Å². The topological polar surface area (TPSA) is 58.9 Å². The molecule has 0 saturated heterocycles. The Bertz CT molecular complexity index is 488. The highest BCUT2D eigenvalue weighted by molar-refractivity contribution is 5.25. The minimum Gasteiger partial charge on any atom is -0.499 e. The Balaban J connectivity index is 0. The average Bonchev–Trinajstić information content (AvgIpc) is 2.66. The Morgan fingerprint density at radius 3 is 2.27 bits per heavy atom. The van der Waals surface area contributed by atoms with E-state index in [-0.39, 0.29) is 5.92 Å². The van der Waals surface area contributed by atoms with Crippen molar-refractivity contribution >= 4 is 0 Å². The molecule has 0 amide bonds. The van der Waals surface area contributed by atoms with Crippen molar-refractivity contribution < 1.29 is 24.1 Å². The highest BCUT2D eigenvalue weighted by Crippen LogP contribution is 2.22. The van der Waals surface area contributed by atoms with E-state index in [1.165, 1.54) is 20.3 Å². The molecule has 26 heavy (non-hydrogen) atoms. The van der Waals surface area contributed by atoms with Crippen molar-refractivity contribution in [1.29, 1.82) is 0 Å². The van der Waals surface area contributed by atoms with E-state index in [0.717, 1.165) is 18.4 Å². The Hall–Kier alpha value is -1.55. The van der Waals surface area contributed by atoms with E-state index in [0.29, 0.717) is 11.5 Å². The van der Waals surface area contributed by atoms with Crippen LogP contribution in [0.15, 0.2) is 41.2 Å². The zero-order valence-corrected chi connectivity index (χ0v) is 17.5. The molecule has 4 atom stereocenters. The maximum Gasteiger partial charge on any atom is 0.141 e. The second-order valence-electron chi connectivity index (χ2n) is 5.77. The van der Waals surface area contributed by atoms with E-state index in [1.807, 2.05) is 40.7 Å². The van der Waals surface area contributed by atoms with Gasteiger partial charge < -0.3 is 19.7 Å². The lowest BCUT2D eigenvalue weighted by Crippen LogP contribution is -2.22. The van der Waals surface area contributed by atoms with Crippen LogP contribution >= 0.6 is 0 Å². The molecule has 1 aliphatic rings. The number of halogens is 1. The van der Waals surface area contributed by atoms with E-state index < -0.39 is 18.4 Å². The third-order valence-corrected chi connectivity index (χ3v) is 3.76. The summed E-state index contributed by atoms with van der Waals surface area (Å²) in [6.07, 6.45) is 3.73. The summed E-state index contributed by atoms with van der Waals surface area (Å²) in [7, 11) is 1.42. The summed E-state index contributed by atoms with van der Waals surface area (Å²) in [4.78, 5) is 0. The molecule has 4 unspecified atom stereocenters. The van der Waals surface area contributed by atoms with Crippen LogP contribution in [-0.4, -0.2) is 35.7 Å². The van der Waals surface area contributed by atoms with Gasteiger partial charge in [0.1, 0.15) is 36.2 Å². The van der Waals surface area contributed by atoms with Gasteiger partial charge in [0.2, 0.25) is 0 Å². The average molecular weight is 373 g/mol. The fourth-order valence-electron chi connectivity index (χ4n) is 1.96. The summed E-state index contributed by atoms with van der Waals surface area (Å²) < 4.78 is 22.5. The molecule has 0 aromatic rings. The maximum atomic E-state index is 12.5. The normalized spacial score (nSPS) is 17.7. The van der Waals surface area contributed by atoms with E-state index >= 15 is 0 Å². The standard InChI is InChI=1S/C11H16O2.C8H15FO2.C2H6/c1-4-8(2)10(12)11-9(3)6-5-7-13-11;1-4-5-7(11-3)8(10)6(2)9;1-2/h6-8,10,12H,4H2,1-3H3;5-6,8,10H,4H2,1-3H3;1-2H3/b;7-5-;. The lowest BCUT2D eigenvalue weighted by molar-refractivity contribution is 0.0659. The second-order valence-corrected chi connectivity index (χ2v) is 5.77. The molecule has 0 fully saturated rings. The minimum atomic E-state index is -1.28. The van der Waals surface area contributed by atoms with Crippen LogP contribution in [0.3, 0.4) is 0 Å². The molecule has 4 nitrogen and oxygen atoms in total. The van der Waals surface area contributed by atoms with E-state index in [2.05, 4.69) is 12.7 Å². The summed E-state index contributed by atoms with van der Waals surface area (Å²) >= 11 is 0. The van der Waals surface area contributed by atoms with Crippen LogP contribution in [-0.2, 0) is 9.47 Å². The molecule has 0 aromatic carbocycles. The molecule has 1 aliphatic heterocycles. The molecular weight excluding hydrogens is 335 g/mol. The smallest absolute Gasteiger partial charge is 0.141 e. The van der Waals surface area contributed by atoms with Gasteiger partial charge in [-0.3, -0.25) is 0 Å². The van der Waals surface area contributed by atoms with Gasteiger partial charge in [0.15, 0.2) is 0 Å². The molecule has 1 rings (SSSR count). The first-order valence-electron chi connectivity index (χ1n) is 9.32. The quantitative estimate of drug-likeness (QED) is 0.486. The molecular formula is C21H37FO4. The van der Waals surface area contributed by atoms with E-state index in [4.69, 9.17) is 14.6 Å². The molecule has 2 N–H and O–H groups in total. The minimum absolute atomic E-state index is 0.227. The van der Waals surface area contributed by atoms with Gasteiger partial charge in [0, 0.05) is 0 Å². The van der Waals surface area contributed by atoms with Crippen molar-refractivity contribution in [2.24, 2.45) is 5.92 Å². The predicted octanol–water partition coefficient (Wildman–Crippen LogP) is 5.04. The Morgan fingerprint density at radius 1 is 1.31 bits per heavy atom. The van der Waals surface area contributed by atoms with Gasteiger partial charge in [-0.05, 0) is 43.9 Å².